The molecular weight excluding hydrogens is 352 g/mol. The monoisotopic (exact) mass is 381 g/mol. The minimum Gasteiger partial charge on any atom is -0.466 e. The van der Waals surface area contributed by atoms with Crippen molar-refractivity contribution in [3.63, 3.8) is 0 Å². The molecule has 2 aromatic carbocycles. The van der Waals surface area contributed by atoms with Crippen molar-refractivity contribution in [2.75, 3.05) is 26.2 Å². The van der Waals surface area contributed by atoms with Crippen LogP contribution >= 0.6 is 0 Å². The number of likely N-dealkylation sites (tertiary alicyclic amines) is 1. The third-order valence-corrected chi connectivity index (χ3v) is 5.22. The van der Waals surface area contributed by atoms with E-state index in [1.165, 1.54) is 0 Å². The van der Waals surface area contributed by atoms with Gasteiger partial charge in [0.15, 0.2) is 6.54 Å². The third kappa shape index (κ3) is 5.42. The van der Waals surface area contributed by atoms with E-state index < -0.39 is 0 Å². The second-order valence-electron chi connectivity index (χ2n) is 7.29. The van der Waals surface area contributed by atoms with E-state index in [9.17, 15) is 9.59 Å². The van der Waals surface area contributed by atoms with Gasteiger partial charge in [0.1, 0.15) is 5.92 Å². The molecule has 1 fully saturated rings. The Morgan fingerprint density at radius 2 is 1.68 bits per heavy atom. The topological polar surface area (TPSA) is 59.8 Å². The van der Waals surface area contributed by atoms with Gasteiger partial charge >= 0.3 is 5.97 Å². The first-order valence-electron chi connectivity index (χ1n) is 10.1. The lowest BCUT2D eigenvalue weighted by Crippen LogP contribution is -3.14. The van der Waals surface area contributed by atoms with Crippen molar-refractivity contribution in [3.8, 4) is 0 Å². The number of piperidine rings is 1. The number of hydrogen-bond donors (Lipinski definition) is 2. The fourth-order valence-electron chi connectivity index (χ4n) is 3.86. The summed E-state index contributed by atoms with van der Waals surface area (Å²) in [6, 6.07) is 19.8. The minimum absolute atomic E-state index is 0.00258. The molecule has 0 radical (unpaired) electrons. The van der Waals surface area contributed by atoms with E-state index in [-0.39, 0.29) is 23.8 Å². The first-order chi connectivity index (χ1) is 13.7. The maximum atomic E-state index is 12.8. The molecule has 1 aliphatic heterocycles. The summed E-state index contributed by atoms with van der Waals surface area (Å²) in [4.78, 5) is 26.0. The van der Waals surface area contributed by atoms with Crippen molar-refractivity contribution < 1.29 is 19.2 Å². The van der Waals surface area contributed by atoms with Crippen LogP contribution in [0.3, 0.4) is 0 Å². The highest BCUT2D eigenvalue weighted by molar-refractivity contribution is 5.78. The van der Waals surface area contributed by atoms with Gasteiger partial charge in [-0.05, 0) is 30.9 Å². The molecule has 148 valence electrons. The zero-order chi connectivity index (χ0) is 19.8. The van der Waals surface area contributed by atoms with Gasteiger partial charge in [-0.3, -0.25) is 9.59 Å². The van der Waals surface area contributed by atoms with Crippen molar-refractivity contribution in [2.24, 2.45) is 5.92 Å². The maximum absolute atomic E-state index is 12.8. The van der Waals surface area contributed by atoms with Crippen molar-refractivity contribution in [2.45, 2.75) is 25.8 Å². The number of ether oxygens (including phenoxy) is 1. The number of amides is 1. The molecule has 0 aromatic heterocycles. The van der Waals surface area contributed by atoms with Gasteiger partial charge < -0.3 is 15.0 Å². The molecule has 0 spiro atoms. The second-order valence-corrected chi connectivity index (χ2v) is 7.29. The van der Waals surface area contributed by atoms with E-state index in [1.54, 1.807) is 0 Å². The molecule has 1 aliphatic rings. The Morgan fingerprint density at radius 1 is 1.07 bits per heavy atom. The zero-order valence-electron chi connectivity index (χ0n) is 16.4. The molecule has 2 N–H and O–H groups in total. The molecule has 0 aliphatic carbocycles. The minimum atomic E-state index is -0.181. The van der Waals surface area contributed by atoms with Gasteiger partial charge in [-0.25, -0.2) is 0 Å². The first kappa shape index (κ1) is 20.1. The lowest BCUT2D eigenvalue weighted by molar-refractivity contribution is -0.899. The summed E-state index contributed by atoms with van der Waals surface area (Å²) in [6.07, 6.45) is 1.79. The van der Waals surface area contributed by atoms with Crippen molar-refractivity contribution in [1.82, 2.24) is 5.32 Å². The number of esters is 1. The lowest BCUT2D eigenvalue weighted by atomic mass is 9.97. The number of benzene rings is 2. The summed E-state index contributed by atoms with van der Waals surface area (Å²) in [5.74, 6) is -0.237. The largest absolute Gasteiger partial charge is 0.466 e. The number of rotatable bonds is 7. The van der Waals surface area contributed by atoms with Gasteiger partial charge in [-0.2, -0.15) is 0 Å². The van der Waals surface area contributed by atoms with E-state index in [1.807, 2.05) is 67.6 Å². The van der Waals surface area contributed by atoms with E-state index in [2.05, 4.69) is 5.32 Å². The van der Waals surface area contributed by atoms with Gasteiger partial charge in [-0.15, -0.1) is 0 Å². The molecule has 2 aromatic rings. The highest BCUT2D eigenvalue weighted by Gasteiger charge is 2.31. The number of carbonyl (C=O) groups excluding carboxylic acids is 2. The van der Waals surface area contributed by atoms with Crippen LogP contribution in [0.15, 0.2) is 60.7 Å². The molecule has 1 amide bonds. The Kier molecular flexibility index (Phi) is 7.20. The Labute approximate surface area is 166 Å². The van der Waals surface area contributed by atoms with Crippen molar-refractivity contribution in [1.29, 1.82) is 0 Å². The third-order valence-electron chi connectivity index (χ3n) is 5.22. The van der Waals surface area contributed by atoms with Crippen LogP contribution in [0.1, 0.15) is 36.9 Å². The smallest absolute Gasteiger partial charge is 0.314 e. The van der Waals surface area contributed by atoms with Gasteiger partial charge in [0.25, 0.3) is 5.91 Å². The molecule has 28 heavy (non-hydrogen) atoms. The number of carbonyl (C=O) groups is 2. The molecule has 0 bridgehead atoms. The summed E-state index contributed by atoms with van der Waals surface area (Å²) >= 11 is 0. The average molecular weight is 381 g/mol. The molecule has 2 atom stereocenters. The molecule has 5 nitrogen and oxygen atoms in total. The summed E-state index contributed by atoms with van der Waals surface area (Å²) < 4.78 is 5.16. The zero-order valence-corrected chi connectivity index (χ0v) is 16.4. The molecule has 5 heteroatoms. The van der Waals surface area contributed by atoms with Crippen LogP contribution in [-0.4, -0.2) is 38.1 Å². The van der Waals surface area contributed by atoms with Crippen LogP contribution in [0.5, 0.6) is 0 Å². The summed E-state index contributed by atoms with van der Waals surface area (Å²) in [5.41, 5.74) is 2.11. The van der Waals surface area contributed by atoms with Gasteiger partial charge in [0.2, 0.25) is 0 Å². The fraction of sp³-hybridized carbons (Fsp3) is 0.391. The Morgan fingerprint density at radius 3 is 2.25 bits per heavy atom. The van der Waals surface area contributed by atoms with Crippen molar-refractivity contribution >= 4 is 11.9 Å². The molecule has 3 rings (SSSR count). The molecule has 1 unspecified atom stereocenters. The highest BCUT2D eigenvalue weighted by Crippen LogP contribution is 2.21. The number of nitrogens with one attached hydrogen (secondary N) is 2. The standard InChI is InChI=1S/C23H28N2O3/c1-2-28-23(27)20-14-9-15-25(16-20)17-21(26)24-22(18-10-5-3-6-11-18)19-12-7-4-8-13-19/h3-8,10-13,20,22H,2,9,14-17H2,1H3,(H,24,26)/p+1/t20-/m1/s1. The molecule has 0 saturated carbocycles. The van der Waals surface area contributed by atoms with E-state index >= 15 is 0 Å². The van der Waals surface area contributed by atoms with E-state index in [0.29, 0.717) is 19.7 Å². The highest BCUT2D eigenvalue weighted by atomic mass is 16.5. The molecule has 1 saturated heterocycles. The van der Waals surface area contributed by atoms with Gasteiger partial charge in [-0.1, -0.05) is 60.7 Å². The molecular formula is C23H29N2O3+. The van der Waals surface area contributed by atoms with Gasteiger partial charge in [0.05, 0.1) is 25.7 Å². The normalized spacial score (nSPS) is 19.2. The molecule has 1 heterocycles. The lowest BCUT2D eigenvalue weighted by Gasteiger charge is -2.29. The maximum Gasteiger partial charge on any atom is 0.314 e. The van der Waals surface area contributed by atoms with E-state index in [0.717, 1.165) is 35.4 Å². The van der Waals surface area contributed by atoms with Crippen molar-refractivity contribution in [3.05, 3.63) is 71.8 Å². The van der Waals surface area contributed by atoms with Crippen LogP contribution < -0.4 is 10.2 Å². The SMILES string of the molecule is CCOC(=O)[C@@H]1CCC[NH+](CC(=O)NC(c2ccccc2)c2ccccc2)C1. The van der Waals surface area contributed by atoms with E-state index in [4.69, 9.17) is 4.74 Å². The predicted octanol–water partition coefficient (Wildman–Crippen LogP) is 1.75. The summed E-state index contributed by atoms with van der Waals surface area (Å²) in [5, 5.41) is 3.19. The predicted molar refractivity (Wildman–Crippen MR) is 108 cm³/mol. The average Bonchev–Trinajstić information content (AvgIpc) is 2.73. The number of quaternary nitrogens is 1. The summed E-state index contributed by atoms with van der Waals surface area (Å²) in [6.45, 7) is 4.16. The quantitative estimate of drug-likeness (QED) is 0.719. The Bertz CT molecular complexity index is 724. The first-order valence-corrected chi connectivity index (χ1v) is 10.1. The Hall–Kier alpha value is -2.66. The van der Waals surface area contributed by atoms with Crippen LogP contribution in [0.25, 0.3) is 0 Å². The van der Waals surface area contributed by atoms with Gasteiger partial charge in [0, 0.05) is 0 Å². The fourth-order valence-corrected chi connectivity index (χ4v) is 3.86. The van der Waals surface area contributed by atoms with Crippen LogP contribution in [-0.2, 0) is 14.3 Å². The van der Waals surface area contributed by atoms with Crippen LogP contribution in [0.2, 0.25) is 0 Å². The Balaban J connectivity index is 1.65. The second kappa shape index (κ2) is 10.0. The number of hydrogen-bond acceptors (Lipinski definition) is 3. The summed E-state index contributed by atoms with van der Waals surface area (Å²) in [7, 11) is 0. The van der Waals surface area contributed by atoms with Crippen LogP contribution in [0, 0.1) is 5.92 Å². The van der Waals surface area contributed by atoms with Crippen LogP contribution in [0.4, 0.5) is 0 Å².